The number of carbonyl (C=O) groups is 1. The predicted octanol–water partition coefficient (Wildman–Crippen LogP) is 4.06. The van der Waals surface area contributed by atoms with Crippen molar-refractivity contribution in [2.45, 2.75) is 30.7 Å². The molecule has 1 aliphatic heterocycles. The summed E-state index contributed by atoms with van der Waals surface area (Å²) in [5.74, 6) is 1.50. The first kappa shape index (κ1) is 24.1. The lowest BCUT2D eigenvalue weighted by molar-refractivity contribution is -0.134. The molecular weight excluding hydrogens is 476 g/mol. The zero-order valence-electron chi connectivity index (χ0n) is 20.2. The van der Waals surface area contributed by atoms with Gasteiger partial charge in [-0.15, -0.1) is 0 Å². The number of rotatable bonds is 7. The van der Waals surface area contributed by atoms with Crippen molar-refractivity contribution in [3.05, 3.63) is 65.8 Å². The second kappa shape index (κ2) is 10.5. The molecule has 2 aromatic heterocycles. The molecule has 9 nitrogen and oxygen atoms in total. The zero-order chi connectivity index (χ0) is 25.1. The number of carbonyl (C=O) groups excluding carboxylic acids is 1. The smallest absolute Gasteiger partial charge is 0.236 e. The molecule has 186 valence electrons. The fourth-order valence-corrected chi connectivity index (χ4v) is 5.27. The monoisotopic (exact) mass is 504 g/mol. The third kappa shape index (κ3) is 4.87. The van der Waals surface area contributed by atoms with E-state index in [0.717, 1.165) is 17.1 Å². The van der Waals surface area contributed by atoms with E-state index in [1.54, 1.807) is 4.57 Å². The van der Waals surface area contributed by atoms with Crippen molar-refractivity contribution >= 4 is 28.7 Å². The maximum atomic E-state index is 13.3. The van der Waals surface area contributed by atoms with E-state index in [-0.39, 0.29) is 16.6 Å². The van der Waals surface area contributed by atoms with Gasteiger partial charge in [0.25, 0.3) is 0 Å². The first-order valence-corrected chi connectivity index (χ1v) is 12.8. The second-order valence-electron chi connectivity index (χ2n) is 8.49. The Morgan fingerprint density at radius 2 is 1.83 bits per heavy atom. The highest BCUT2D eigenvalue weighted by Crippen LogP contribution is 2.29. The zero-order valence-corrected chi connectivity index (χ0v) is 21.0. The number of thioether (sulfide) groups is 1. The number of aromatic amines is 1. The first-order chi connectivity index (χ1) is 17.5. The number of benzene rings is 2. The highest BCUT2D eigenvalue weighted by molar-refractivity contribution is 8.00. The van der Waals surface area contributed by atoms with Gasteiger partial charge in [-0.1, -0.05) is 36.9 Å². The number of nitrogens with one attached hydrogen (secondary N) is 2. The van der Waals surface area contributed by atoms with Crippen molar-refractivity contribution in [2.75, 3.05) is 26.3 Å². The van der Waals surface area contributed by atoms with Crippen LogP contribution >= 0.6 is 11.8 Å². The third-order valence-electron chi connectivity index (χ3n) is 6.07. The molecule has 1 saturated heterocycles. The fraction of sp³-hybridized carbons (Fsp3) is 0.308. The summed E-state index contributed by atoms with van der Waals surface area (Å²) in [6.45, 7) is 6.16. The minimum Gasteiger partial charge on any atom is -0.457 e. The number of hydrogen-bond acceptors (Lipinski definition) is 7. The molecule has 1 unspecified atom stereocenters. The van der Waals surface area contributed by atoms with Crippen LogP contribution in [0.5, 0.6) is 11.5 Å². The summed E-state index contributed by atoms with van der Waals surface area (Å²) in [5, 5.41) is 17.1. The molecule has 1 amide bonds. The van der Waals surface area contributed by atoms with Gasteiger partial charge in [-0.2, -0.15) is 5.10 Å². The van der Waals surface area contributed by atoms with Crippen LogP contribution in [0.25, 0.3) is 16.7 Å². The van der Waals surface area contributed by atoms with E-state index in [2.05, 4.69) is 10.2 Å². The minimum atomic E-state index is -0.334. The molecule has 5 rings (SSSR count). The normalized spacial score (nSPS) is 14.7. The van der Waals surface area contributed by atoms with Gasteiger partial charge in [0, 0.05) is 24.5 Å². The molecule has 1 fully saturated rings. The lowest BCUT2D eigenvalue weighted by Gasteiger charge is -2.30. The Morgan fingerprint density at radius 1 is 1.14 bits per heavy atom. The van der Waals surface area contributed by atoms with Crippen molar-refractivity contribution in [1.82, 2.24) is 24.6 Å². The van der Waals surface area contributed by atoms with Crippen molar-refractivity contribution in [3.8, 4) is 17.2 Å². The molecule has 1 atom stereocenters. The number of morpholine rings is 1. The molecule has 10 heteroatoms. The van der Waals surface area contributed by atoms with Crippen LogP contribution in [0.3, 0.4) is 0 Å². The number of fused-ring (bicyclic) bond motifs is 1. The average Bonchev–Trinajstić information content (AvgIpc) is 3.29. The van der Waals surface area contributed by atoms with Gasteiger partial charge in [-0.3, -0.25) is 19.9 Å². The standard InChI is InChI=1S/C26H28N6O3S/c1-3-21(25(33)31-13-15-34-16-14-31)36-26-28-24-22(17(2)29-30-24)23(27)32(26)18-9-11-20(12-10-18)35-19-7-5-4-6-8-19/h4-12,21,27H,3,13-16H2,1-2H3,(H,29,30). The number of nitrogens with zero attached hydrogens (tertiary/aromatic N) is 4. The Hall–Kier alpha value is -3.63. The van der Waals surface area contributed by atoms with Crippen LogP contribution in [0, 0.1) is 12.3 Å². The Balaban J connectivity index is 1.51. The number of H-pyrrole nitrogens is 1. The molecule has 4 aromatic rings. The largest absolute Gasteiger partial charge is 0.457 e. The van der Waals surface area contributed by atoms with Crippen LogP contribution in [-0.2, 0) is 9.53 Å². The van der Waals surface area contributed by atoms with Gasteiger partial charge < -0.3 is 14.4 Å². The van der Waals surface area contributed by atoms with Crippen LogP contribution in [0.2, 0.25) is 0 Å². The number of ether oxygens (including phenoxy) is 2. The van der Waals surface area contributed by atoms with E-state index in [9.17, 15) is 4.79 Å². The van der Waals surface area contributed by atoms with Crippen LogP contribution in [0.4, 0.5) is 0 Å². The van der Waals surface area contributed by atoms with Gasteiger partial charge in [0.15, 0.2) is 10.8 Å². The van der Waals surface area contributed by atoms with Crippen molar-refractivity contribution in [1.29, 1.82) is 5.41 Å². The molecular formula is C26H28N6O3S. The number of para-hydroxylation sites is 1. The molecule has 3 heterocycles. The molecule has 1 aliphatic rings. The van der Waals surface area contributed by atoms with Crippen LogP contribution in [0.15, 0.2) is 59.8 Å². The van der Waals surface area contributed by atoms with E-state index in [0.29, 0.717) is 54.7 Å². The second-order valence-corrected chi connectivity index (χ2v) is 9.66. The highest BCUT2D eigenvalue weighted by atomic mass is 32.2. The highest BCUT2D eigenvalue weighted by Gasteiger charge is 2.28. The van der Waals surface area contributed by atoms with Crippen LogP contribution < -0.4 is 10.2 Å². The third-order valence-corrected chi connectivity index (χ3v) is 7.38. The summed E-state index contributed by atoms with van der Waals surface area (Å²) in [6.07, 6.45) is 0.636. The minimum absolute atomic E-state index is 0.0654. The van der Waals surface area contributed by atoms with Gasteiger partial charge in [0.1, 0.15) is 17.0 Å². The molecule has 36 heavy (non-hydrogen) atoms. The lowest BCUT2D eigenvalue weighted by atomic mass is 10.2. The fourth-order valence-electron chi connectivity index (χ4n) is 4.16. The van der Waals surface area contributed by atoms with Crippen molar-refractivity contribution in [2.24, 2.45) is 0 Å². The molecule has 0 radical (unpaired) electrons. The maximum Gasteiger partial charge on any atom is 0.236 e. The molecule has 2 N–H and O–H groups in total. The lowest BCUT2D eigenvalue weighted by Crippen LogP contribution is -2.44. The summed E-state index contributed by atoms with van der Waals surface area (Å²) in [4.78, 5) is 19.9. The number of hydrogen-bond donors (Lipinski definition) is 2. The van der Waals surface area contributed by atoms with E-state index in [1.807, 2.05) is 73.3 Å². The van der Waals surface area contributed by atoms with Gasteiger partial charge in [-0.05, 0) is 49.7 Å². The average molecular weight is 505 g/mol. The van der Waals surface area contributed by atoms with Crippen molar-refractivity contribution in [3.63, 3.8) is 0 Å². The number of aromatic nitrogens is 4. The summed E-state index contributed by atoms with van der Waals surface area (Å²) < 4.78 is 13.1. The Kier molecular flexibility index (Phi) is 7.06. The van der Waals surface area contributed by atoms with Gasteiger partial charge in [-0.25, -0.2) is 4.98 Å². The van der Waals surface area contributed by atoms with Crippen molar-refractivity contribution < 1.29 is 14.3 Å². The summed E-state index contributed by atoms with van der Waals surface area (Å²) in [5.41, 5.74) is 2.26. The first-order valence-electron chi connectivity index (χ1n) is 11.9. The Morgan fingerprint density at radius 3 is 2.53 bits per heavy atom. The SMILES string of the molecule is CCC(Sc1nc2n[nH]c(C)c2c(=N)n1-c1ccc(Oc2ccccc2)cc1)C(=O)N1CCOCC1. The van der Waals surface area contributed by atoms with E-state index in [1.165, 1.54) is 11.8 Å². The summed E-state index contributed by atoms with van der Waals surface area (Å²) in [7, 11) is 0. The molecule has 0 spiro atoms. The van der Waals surface area contributed by atoms with E-state index in [4.69, 9.17) is 19.9 Å². The molecule has 0 aliphatic carbocycles. The maximum absolute atomic E-state index is 13.3. The number of aryl methyl sites for hydroxylation is 1. The summed E-state index contributed by atoms with van der Waals surface area (Å²) in [6, 6.07) is 17.1. The van der Waals surface area contributed by atoms with Gasteiger partial charge in [0.2, 0.25) is 5.91 Å². The molecule has 0 bridgehead atoms. The Labute approximate surface area is 213 Å². The summed E-state index contributed by atoms with van der Waals surface area (Å²) >= 11 is 1.37. The van der Waals surface area contributed by atoms with Crippen LogP contribution in [-0.4, -0.2) is 62.1 Å². The topological polar surface area (TPSA) is 109 Å². The van der Waals surface area contributed by atoms with Gasteiger partial charge >= 0.3 is 0 Å². The molecule has 2 aromatic carbocycles. The quantitative estimate of drug-likeness (QED) is 0.290. The number of amides is 1. The predicted molar refractivity (Wildman–Crippen MR) is 138 cm³/mol. The molecule has 0 saturated carbocycles. The van der Waals surface area contributed by atoms with Gasteiger partial charge in [0.05, 0.1) is 23.8 Å². The van der Waals surface area contributed by atoms with E-state index >= 15 is 0 Å². The van der Waals surface area contributed by atoms with Crippen LogP contribution in [0.1, 0.15) is 19.0 Å². The Bertz CT molecular complexity index is 1410. The van der Waals surface area contributed by atoms with E-state index < -0.39 is 0 Å².